The van der Waals surface area contributed by atoms with E-state index in [0.717, 1.165) is 34.0 Å². The van der Waals surface area contributed by atoms with Gasteiger partial charge >= 0.3 is 0 Å². The van der Waals surface area contributed by atoms with Crippen LogP contribution in [0.4, 0.5) is 17.1 Å². The first kappa shape index (κ1) is 15.6. The van der Waals surface area contributed by atoms with Gasteiger partial charge in [0.25, 0.3) is 0 Å². The van der Waals surface area contributed by atoms with E-state index in [2.05, 4.69) is 95.9 Å². The lowest BCUT2D eigenvalue weighted by Gasteiger charge is -2.27. The quantitative estimate of drug-likeness (QED) is 0.400. The van der Waals surface area contributed by atoms with Crippen molar-refractivity contribution in [3.8, 4) is 11.1 Å². The number of nitrogens with zero attached hydrogens (tertiary/aromatic N) is 2. The molecule has 0 atom stereocenters. The average molecular weight is 346 g/mol. The standard InChI is InChI=1S/C25H18N2/c1-3-11-19(12-4-1)25-26-23-17-9-7-15-21(23)22-16-8-10-18-24(22)27(25)20-13-5-2-6-14-20/h1-18H. The summed E-state index contributed by atoms with van der Waals surface area (Å²) in [6.45, 7) is 0. The molecule has 0 unspecified atom stereocenters. The van der Waals surface area contributed by atoms with Crippen molar-refractivity contribution in [2.45, 2.75) is 0 Å². The van der Waals surface area contributed by atoms with Gasteiger partial charge in [-0.2, -0.15) is 0 Å². The van der Waals surface area contributed by atoms with Crippen LogP contribution in [-0.2, 0) is 0 Å². The summed E-state index contributed by atoms with van der Waals surface area (Å²) in [4.78, 5) is 7.38. The van der Waals surface area contributed by atoms with E-state index in [1.54, 1.807) is 0 Å². The molecular formula is C25H18N2. The lowest BCUT2D eigenvalue weighted by Crippen LogP contribution is -2.26. The topological polar surface area (TPSA) is 15.6 Å². The van der Waals surface area contributed by atoms with Crippen LogP contribution in [0.15, 0.2) is 114 Å². The van der Waals surface area contributed by atoms with Crippen LogP contribution in [0.1, 0.15) is 5.56 Å². The predicted molar refractivity (Wildman–Crippen MR) is 113 cm³/mol. The molecule has 27 heavy (non-hydrogen) atoms. The van der Waals surface area contributed by atoms with Gasteiger partial charge in [0, 0.05) is 22.4 Å². The Kier molecular flexibility index (Phi) is 3.80. The summed E-state index contributed by atoms with van der Waals surface area (Å²) in [6.07, 6.45) is 0. The lowest BCUT2D eigenvalue weighted by molar-refractivity contribution is 1.33. The Labute approximate surface area is 159 Å². The van der Waals surface area contributed by atoms with Crippen molar-refractivity contribution in [2.75, 3.05) is 4.90 Å². The molecule has 128 valence electrons. The van der Waals surface area contributed by atoms with Gasteiger partial charge < -0.3 is 0 Å². The van der Waals surface area contributed by atoms with Gasteiger partial charge in [0.05, 0.1) is 11.4 Å². The van der Waals surface area contributed by atoms with Crippen LogP contribution in [0.25, 0.3) is 11.1 Å². The van der Waals surface area contributed by atoms with Crippen molar-refractivity contribution in [2.24, 2.45) is 4.99 Å². The van der Waals surface area contributed by atoms with Crippen molar-refractivity contribution in [1.82, 2.24) is 0 Å². The third-order valence-electron chi connectivity index (χ3n) is 4.82. The Bertz CT molecular complexity index is 1120. The zero-order chi connectivity index (χ0) is 18.1. The van der Waals surface area contributed by atoms with Gasteiger partial charge in [-0.15, -0.1) is 0 Å². The summed E-state index contributed by atoms with van der Waals surface area (Å²) < 4.78 is 0. The molecule has 1 heterocycles. The maximum absolute atomic E-state index is 5.12. The fourth-order valence-corrected chi connectivity index (χ4v) is 3.59. The van der Waals surface area contributed by atoms with E-state index in [0.29, 0.717) is 0 Å². The zero-order valence-electron chi connectivity index (χ0n) is 14.8. The lowest BCUT2D eigenvalue weighted by atomic mass is 10.0. The third-order valence-corrected chi connectivity index (χ3v) is 4.82. The Morgan fingerprint density at radius 3 is 1.89 bits per heavy atom. The van der Waals surface area contributed by atoms with Gasteiger partial charge in [-0.3, -0.25) is 4.90 Å². The van der Waals surface area contributed by atoms with Gasteiger partial charge in [-0.25, -0.2) is 4.99 Å². The second kappa shape index (κ2) is 6.58. The second-order valence-electron chi connectivity index (χ2n) is 6.51. The third kappa shape index (κ3) is 2.72. The molecule has 0 saturated carbocycles. The molecule has 2 nitrogen and oxygen atoms in total. The maximum Gasteiger partial charge on any atom is 0.145 e. The first-order valence-corrected chi connectivity index (χ1v) is 9.09. The number of fused-ring (bicyclic) bond motifs is 3. The first-order chi connectivity index (χ1) is 13.4. The minimum Gasteiger partial charge on any atom is -0.294 e. The van der Waals surface area contributed by atoms with Crippen molar-refractivity contribution < 1.29 is 0 Å². The minimum atomic E-state index is 0.930. The summed E-state index contributed by atoms with van der Waals surface area (Å²) >= 11 is 0. The fourth-order valence-electron chi connectivity index (χ4n) is 3.59. The van der Waals surface area contributed by atoms with Crippen LogP contribution in [0.2, 0.25) is 0 Å². The summed E-state index contributed by atoms with van der Waals surface area (Å²) in [7, 11) is 0. The molecule has 0 spiro atoms. The van der Waals surface area contributed by atoms with Crippen LogP contribution in [0, 0.1) is 0 Å². The van der Waals surface area contributed by atoms with E-state index >= 15 is 0 Å². The Morgan fingerprint density at radius 1 is 0.519 bits per heavy atom. The van der Waals surface area contributed by atoms with Crippen LogP contribution in [-0.4, -0.2) is 5.84 Å². The van der Waals surface area contributed by atoms with Gasteiger partial charge in [-0.05, 0) is 24.3 Å². The molecule has 0 N–H and O–H groups in total. The summed E-state index contributed by atoms with van der Waals surface area (Å²) in [5.74, 6) is 0.930. The van der Waals surface area contributed by atoms with Crippen LogP contribution in [0.5, 0.6) is 0 Å². The van der Waals surface area contributed by atoms with E-state index < -0.39 is 0 Å². The summed E-state index contributed by atoms with van der Waals surface area (Å²) in [6, 6.07) is 37.7. The number of amidine groups is 1. The van der Waals surface area contributed by atoms with Gasteiger partial charge in [-0.1, -0.05) is 84.9 Å². The second-order valence-corrected chi connectivity index (χ2v) is 6.51. The van der Waals surface area contributed by atoms with Crippen LogP contribution < -0.4 is 4.90 Å². The largest absolute Gasteiger partial charge is 0.294 e. The molecular weight excluding hydrogens is 328 g/mol. The van der Waals surface area contributed by atoms with E-state index in [-0.39, 0.29) is 0 Å². The Hall–Kier alpha value is -3.65. The highest BCUT2D eigenvalue weighted by molar-refractivity contribution is 6.18. The molecule has 0 aromatic heterocycles. The number of rotatable bonds is 2. The van der Waals surface area contributed by atoms with Crippen molar-refractivity contribution >= 4 is 22.9 Å². The first-order valence-electron chi connectivity index (χ1n) is 9.09. The van der Waals surface area contributed by atoms with Crippen molar-refractivity contribution in [1.29, 1.82) is 0 Å². The molecule has 1 aliphatic rings. The van der Waals surface area contributed by atoms with Crippen molar-refractivity contribution in [3.05, 3.63) is 115 Å². The molecule has 0 aliphatic carbocycles. The highest BCUT2D eigenvalue weighted by Crippen LogP contribution is 2.43. The number of benzene rings is 4. The number of para-hydroxylation sites is 3. The number of aliphatic imine (C=N–C) groups is 1. The highest BCUT2D eigenvalue weighted by Gasteiger charge is 2.25. The van der Waals surface area contributed by atoms with Crippen LogP contribution in [0.3, 0.4) is 0 Å². The van der Waals surface area contributed by atoms with E-state index in [4.69, 9.17) is 4.99 Å². The highest BCUT2D eigenvalue weighted by atomic mass is 15.2. The van der Waals surface area contributed by atoms with E-state index in [1.807, 2.05) is 18.2 Å². The normalized spacial score (nSPS) is 12.6. The Balaban J connectivity index is 1.86. The number of anilines is 2. The molecule has 0 radical (unpaired) electrons. The fraction of sp³-hybridized carbons (Fsp3) is 0. The average Bonchev–Trinajstić information content (AvgIpc) is 2.90. The molecule has 4 aromatic rings. The van der Waals surface area contributed by atoms with Crippen LogP contribution >= 0.6 is 0 Å². The van der Waals surface area contributed by atoms with Gasteiger partial charge in [0.15, 0.2) is 0 Å². The van der Waals surface area contributed by atoms with Gasteiger partial charge in [0.2, 0.25) is 0 Å². The minimum absolute atomic E-state index is 0.930. The number of hydrogen-bond acceptors (Lipinski definition) is 2. The molecule has 0 saturated heterocycles. The summed E-state index contributed by atoms with van der Waals surface area (Å²) in [5.41, 5.74) is 6.65. The maximum atomic E-state index is 5.12. The molecule has 0 amide bonds. The zero-order valence-corrected chi connectivity index (χ0v) is 14.8. The molecule has 0 fully saturated rings. The Morgan fingerprint density at radius 2 is 1.11 bits per heavy atom. The molecule has 2 heteroatoms. The molecule has 5 rings (SSSR count). The molecule has 4 aromatic carbocycles. The molecule has 1 aliphatic heterocycles. The smallest absolute Gasteiger partial charge is 0.145 e. The predicted octanol–water partition coefficient (Wildman–Crippen LogP) is 6.58. The monoisotopic (exact) mass is 346 g/mol. The number of hydrogen-bond donors (Lipinski definition) is 0. The summed E-state index contributed by atoms with van der Waals surface area (Å²) in [5, 5.41) is 0. The van der Waals surface area contributed by atoms with E-state index in [1.165, 1.54) is 5.56 Å². The van der Waals surface area contributed by atoms with Gasteiger partial charge in [0.1, 0.15) is 5.84 Å². The SMILES string of the molecule is c1ccc(C2=Nc3ccccc3-c3ccccc3N2c2ccccc2)cc1. The molecule has 0 bridgehead atoms. The van der Waals surface area contributed by atoms with Crippen molar-refractivity contribution in [3.63, 3.8) is 0 Å². The van der Waals surface area contributed by atoms with E-state index in [9.17, 15) is 0 Å².